The average Bonchev–Trinajstić information content (AvgIpc) is 2.32. The standard InChI is InChI=1S/C15H18O2S/c1-12(16)17-15(2)9-6-10-18-14(15)11-13-7-4-3-5-8-13/h3-5,7-8,11H,6,9-10H2,1-2H3/b14-11-. The third-order valence-corrected chi connectivity index (χ3v) is 4.40. The molecule has 2 nitrogen and oxygen atoms in total. The van der Waals surface area contributed by atoms with Gasteiger partial charge in [0.1, 0.15) is 5.60 Å². The van der Waals surface area contributed by atoms with Gasteiger partial charge in [0.05, 0.1) is 0 Å². The van der Waals surface area contributed by atoms with Gasteiger partial charge in [-0.3, -0.25) is 4.79 Å². The van der Waals surface area contributed by atoms with E-state index in [1.165, 1.54) is 6.92 Å². The van der Waals surface area contributed by atoms with Crippen LogP contribution in [0.25, 0.3) is 6.08 Å². The Kier molecular flexibility index (Phi) is 4.12. The van der Waals surface area contributed by atoms with Crippen molar-refractivity contribution in [3.8, 4) is 0 Å². The first-order valence-electron chi connectivity index (χ1n) is 6.20. The zero-order valence-corrected chi connectivity index (χ0v) is 11.6. The topological polar surface area (TPSA) is 26.3 Å². The highest BCUT2D eigenvalue weighted by molar-refractivity contribution is 8.03. The smallest absolute Gasteiger partial charge is 0.303 e. The van der Waals surface area contributed by atoms with Gasteiger partial charge in [0.15, 0.2) is 0 Å². The van der Waals surface area contributed by atoms with E-state index in [0.29, 0.717) is 0 Å². The number of rotatable bonds is 2. The van der Waals surface area contributed by atoms with Crippen LogP contribution in [-0.2, 0) is 9.53 Å². The SMILES string of the molecule is CC(=O)OC1(C)CCCS/C1=C\c1ccccc1. The Bertz CT molecular complexity index is 453. The molecular formula is C15H18O2S. The van der Waals surface area contributed by atoms with Crippen LogP contribution in [0.15, 0.2) is 35.2 Å². The number of carbonyl (C=O) groups is 1. The summed E-state index contributed by atoms with van der Waals surface area (Å²) in [5.74, 6) is 0.883. The van der Waals surface area contributed by atoms with E-state index in [1.54, 1.807) is 11.8 Å². The second kappa shape index (κ2) is 5.61. The first-order valence-corrected chi connectivity index (χ1v) is 7.18. The lowest BCUT2D eigenvalue weighted by Crippen LogP contribution is -2.34. The lowest BCUT2D eigenvalue weighted by atomic mass is 9.97. The van der Waals surface area contributed by atoms with Crippen LogP contribution in [0.3, 0.4) is 0 Å². The molecule has 1 unspecified atom stereocenters. The Morgan fingerprint density at radius 2 is 2.11 bits per heavy atom. The molecule has 0 aliphatic carbocycles. The first-order chi connectivity index (χ1) is 8.60. The maximum atomic E-state index is 11.3. The second-order valence-electron chi connectivity index (χ2n) is 4.70. The van der Waals surface area contributed by atoms with Crippen molar-refractivity contribution >= 4 is 23.8 Å². The van der Waals surface area contributed by atoms with Crippen molar-refractivity contribution < 1.29 is 9.53 Å². The lowest BCUT2D eigenvalue weighted by Gasteiger charge is -2.35. The molecule has 1 saturated heterocycles. The predicted molar refractivity (Wildman–Crippen MR) is 76.3 cm³/mol. The Balaban J connectivity index is 2.28. The molecule has 0 saturated carbocycles. The molecule has 1 aromatic rings. The van der Waals surface area contributed by atoms with E-state index in [4.69, 9.17) is 4.74 Å². The number of ether oxygens (including phenoxy) is 1. The summed E-state index contributed by atoms with van der Waals surface area (Å²) in [6.07, 6.45) is 4.12. The summed E-state index contributed by atoms with van der Waals surface area (Å²) in [5.41, 5.74) is 0.699. The van der Waals surface area contributed by atoms with Crippen LogP contribution in [0.5, 0.6) is 0 Å². The summed E-state index contributed by atoms with van der Waals surface area (Å²) in [4.78, 5) is 12.4. The monoisotopic (exact) mass is 262 g/mol. The molecule has 1 aliphatic heterocycles. The molecule has 3 heteroatoms. The van der Waals surface area contributed by atoms with E-state index < -0.39 is 5.60 Å². The molecule has 0 radical (unpaired) electrons. The van der Waals surface area contributed by atoms with Gasteiger partial charge in [-0.1, -0.05) is 30.3 Å². The van der Waals surface area contributed by atoms with Crippen molar-refractivity contribution in [2.75, 3.05) is 5.75 Å². The Labute approximate surface area is 112 Å². The fraction of sp³-hybridized carbons (Fsp3) is 0.400. The number of hydrogen-bond acceptors (Lipinski definition) is 3. The first kappa shape index (κ1) is 13.2. The van der Waals surface area contributed by atoms with Gasteiger partial charge in [-0.05, 0) is 37.2 Å². The summed E-state index contributed by atoms with van der Waals surface area (Å²) in [5, 5.41) is 0. The molecule has 0 bridgehead atoms. The Hall–Kier alpha value is -1.22. The third-order valence-electron chi connectivity index (χ3n) is 3.04. The van der Waals surface area contributed by atoms with Crippen LogP contribution in [-0.4, -0.2) is 17.3 Å². The number of carbonyl (C=O) groups excluding carboxylic acids is 1. The average molecular weight is 262 g/mol. The van der Waals surface area contributed by atoms with Gasteiger partial charge in [0, 0.05) is 11.8 Å². The molecule has 0 amide bonds. The minimum atomic E-state index is -0.454. The van der Waals surface area contributed by atoms with Gasteiger partial charge in [-0.2, -0.15) is 0 Å². The molecule has 0 N–H and O–H groups in total. The van der Waals surface area contributed by atoms with Crippen molar-refractivity contribution in [1.29, 1.82) is 0 Å². The molecule has 0 aromatic heterocycles. The molecule has 2 rings (SSSR count). The molecule has 18 heavy (non-hydrogen) atoms. The van der Waals surface area contributed by atoms with Gasteiger partial charge >= 0.3 is 5.97 Å². The number of thioether (sulfide) groups is 1. The summed E-state index contributed by atoms with van der Waals surface area (Å²) in [6.45, 7) is 3.49. The van der Waals surface area contributed by atoms with E-state index in [0.717, 1.165) is 29.1 Å². The molecule has 1 fully saturated rings. The Morgan fingerprint density at radius 3 is 2.78 bits per heavy atom. The fourth-order valence-corrected chi connectivity index (χ4v) is 3.36. The van der Waals surface area contributed by atoms with Crippen LogP contribution in [0.1, 0.15) is 32.3 Å². The van der Waals surface area contributed by atoms with Crippen LogP contribution in [0.4, 0.5) is 0 Å². The van der Waals surface area contributed by atoms with Crippen molar-refractivity contribution in [3.63, 3.8) is 0 Å². The van der Waals surface area contributed by atoms with E-state index in [-0.39, 0.29) is 5.97 Å². The van der Waals surface area contributed by atoms with Crippen molar-refractivity contribution in [2.45, 2.75) is 32.3 Å². The second-order valence-corrected chi connectivity index (χ2v) is 5.83. The maximum absolute atomic E-state index is 11.3. The van der Waals surface area contributed by atoms with E-state index in [1.807, 2.05) is 25.1 Å². The van der Waals surface area contributed by atoms with Crippen molar-refractivity contribution in [3.05, 3.63) is 40.8 Å². The van der Waals surface area contributed by atoms with Crippen molar-refractivity contribution in [2.24, 2.45) is 0 Å². The molecule has 1 atom stereocenters. The quantitative estimate of drug-likeness (QED) is 0.757. The fourth-order valence-electron chi connectivity index (χ4n) is 2.18. The number of benzene rings is 1. The number of esters is 1. The molecule has 96 valence electrons. The van der Waals surface area contributed by atoms with Gasteiger partial charge in [0.25, 0.3) is 0 Å². The summed E-state index contributed by atoms with van der Waals surface area (Å²) < 4.78 is 5.54. The maximum Gasteiger partial charge on any atom is 0.303 e. The van der Waals surface area contributed by atoms with Crippen LogP contribution >= 0.6 is 11.8 Å². The summed E-state index contributed by atoms with van der Waals surface area (Å²) in [7, 11) is 0. The highest BCUT2D eigenvalue weighted by Gasteiger charge is 2.35. The minimum Gasteiger partial charge on any atom is -0.454 e. The summed E-state index contributed by atoms with van der Waals surface area (Å²) in [6, 6.07) is 10.2. The number of hydrogen-bond donors (Lipinski definition) is 0. The predicted octanol–water partition coefficient (Wildman–Crippen LogP) is 3.88. The molecular weight excluding hydrogens is 244 g/mol. The highest BCUT2D eigenvalue weighted by atomic mass is 32.2. The van der Waals surface area contributed by atoms with E-state index in [2.05, 4.69) is 18.2 Å². The lowest BCUT2D eigenvalue weighted by molar-refractivity contribution is -0.151. The van der Waals surface area contributed by atoms with Gasteiger partial charge < -0.3 is 4.74 Å². The summed E-state index contributed by atoms with van der Waals surface area (Å²) >= 11 is 1.79. The van der Waals surface area contributed by atoms with E-state index >= 15 is 0 Å². The molecule has 1 aliphatic rings. The van der Waals surface area contributed by atoms with Gasteiger partial charge in [-0.25, -0.2) is 0 Å². The highest BCUT2D eigenvalue weighted by Crippen LogP contribution is 2.41. The van der Waals surface area contributed by atoms with Gasteiger partial charge in [0.2, 0.25) is 0 Å². The minimum absolute atomic E-state index is 0.209. The molecule has 0 spiro atoms. The van der Waals surface area contributed by atoms with Crippen LogP contribution in [0.2, 0.25) is 0 Å². The van der Waals surface area contributed by atoms with Crippen LogP contribution < -0.4 is 0 Å². The van der Waals surface area contributed by atoms with Crippen molar-refractivity contribution in [1.82, 2.24) is 0 Å². The van der Waals surface area contributed by atoms with E-state index in [9.17, 15) is 4.79 Å². The Morgan fingerprint density at radius 1 is 1.39 bits per heavy atom. The third kappa shape index (κ3) is 3.16. The largest absolute Gasteiger partial charge is 0.454 e. The van der Waals surface area contributed by atoms with Crippen LogP contribution in [0, 0.1) is 0 Å². The molecule has 1 aromatic carbocycles. The zero-order chi connectivity index (χ0) is 13.0. The van der Waals surface area contributed by atoms with Gasteiger partial charge in [-0.15, -0.1) is 11.8 Å². The molecule has 1 heterocycles. The zero-order valence-electron chi connectivity index (χ0n) is 10.8. The normalized spacial score (nSPS) is 26.0.